The first-order chi connectivity index (χ1) is 13.0. The van der Waals surface area contributed by atoms with Gasteiger partial charge in [-0.25, -0.2) is 9.37 Å². The van der Waals surface area contributed by atoms with Crippen molar-refractivity contribution >= 4 is 33.8 Å². The van der Waals surface area contributed by atoms with Gasteiger partial charge < -0.3 is 4.90 Å². The van der Waals surface area contributed by atoms with E-state index in [1.807, 2.05) is 5.38 Å². The Labute approximate surface area is 163 Å². The van der Waals surface area contributed by atoms with Crippen LogP contribution >= 0.6 is 22.9 Å². The molecule has 140 valence electrons. The third-order valence-electron chi connectivity index (χ3n) is 4.56. The summed E-state index contributed by atoms with van der Waals surface area (Å²) in [7, 11) is 0. The van der Waals surface area contributed by atoms with Crippen molar-refractivity contribution in [3.8, 4) is 0 Å². The predicted molar refractivity (Wildman–Crippen MR) is 102 cm³/mol. The lowest BCUT2D eigenvalue weighted by molar-refractivity contribution is 0.0622. The molecule has 2 aromatic heterocycles. The lowest BCUT2D eigenvalue weighted by atomic mass is 10.1. The highest BCUT2D eigenvalue weighted by Crippen LogP contribution is 2.18. The molecule has 3 aromatic rings. The van der Waals surface area contributed by atoms with E-state index in [-0.39, 0.29) is 17.0 Å². The molecule has 0 saturated carbocycles. The second kappa shape index (κ2) is 7.38. The lowest BCUT2D eigenvalue weighted by Gasteiger charge is -2.34. The van der Waals surface area contributed by atoms with Gasteiger partial charge in [0.15, 0.2) is 4.96 Å². The van der Waals surface area contributed by atoms with Crippen LogP contribution in [0.4, 0.5) is 4.39 Å². The van der Waals surface area contributed by atoms with Crippen molar-refractivity contribution < 1.29 is 9.18 Å². The normalized spacial score (nSPS) is 15.4. The molecule has 0 spiro atoms. The Kier molecular flexibility index (Phi) is 4.94. The highest BCUT2D eigenvalue weighted by molar-refractivity contribution is 7.15. The third kappa shape index (κ3) is 3.73. The van der Waals surface area contributed by atoms with Crippen LogP contribution in [-0.2, 0) is 6.54 Å². The molecule has 0 atom stereocenters. The number of hydrogen-bond acceptors (Lipinski definition) is 5. The van der Waals surface area contributed by atoms with E-state index in [1.165, 1.54) is 33.9 Å². The molecular formula is C18H16ClFN4O2S. The molecule has 1 fully saturated rings. The SMILES string of the molecule is O=C(c1cc(Cl)ccc1F)N1CCN(Cc2cc(=O)n3ccsc3n2)CC1. The number of nitrogens with zero attached hydrogens (tertiary/aromatic N) is 4. The maximum absolute atomic E-state index is 13.9. The van der Waals surface area contributed by atoms with Gasteiger partial charge >= 0.3 is 0 Å². The summed E-state index contributed by atoms with van der Waals surface area (Å²) in [6.45, 7) is 2.74. The molecule has 0 radical (unpaired) electrons. The summed E-state index contributed by atoms with van der Waals surface area (Å²) >= 11 is 7.30. The Morgan fingerprint density at radius 1 is 1.22 bits per heavy atom. The monoisotopic (exact) mass is 406 g/mol. The summed E-state index contributed by atoms with van der Waals surface area (Å²) in [6, 6.07) is 5.53. The van der Waals surface area contributed by atoms with Crippen molar-refractivity contribution in [2.45, 2.75) is 6.54 Å². The molecule has 27 heavy (non-hydrogen) atoms. The summed E-state index contributed by atoms with van der Waals surface area (Å²) in [5, 5.41) is 2.16. The quantitative estimate of drug-likeness (QED) is 0.670. The molecule has 9 heteroatoms. The van der Waals surface area contributed by atoms with E-state index >= 15 is 0 Å². The molecule has 4 rings (SSSR count). The Balaban J connectivity index is 1.41. The Bertz CT molecular complexity index is 1060. The van der Waals surface area contributed by atoms with E-state index in [0.29, 0.717) is 48.4 Å². The average Bonchev–Trinajstić information content (AvgIpc) is 3.13. The third-order valence-corrected chi connectivity index (χ3v) is 5.55. The molecule has 3 heterocycles. The first-order valence-electron chi connectivity index (χ1n) is 8.44. The van der Waals surface area contributed by atoms with Gasteiger partial charge in [-0.3, -0.25) is 18.9 Å². The second-order valence-corrected chi connectivity index (χ2v) is 7.64. The zero-order valence-electron chi connectivity index (χ0n) is 14.3. The number of piperazine rings is 1. The van der Waals surface area contributed by atoms with Crippen molar-refractivity contribution in [1.29, 1.82) is 0 Å². The zero-order chi connectivity index (χ0) is 19.0. The molecule has 1 saturated heterocycles. The molecule has 1 aromatic carbocycles. The fourth-order valence-electron chi connectivity index (χ4n) is 3.14. The van der Waals surface area contributed by atoms with Crippen molar-refractivity contribution in [2.24, 2.45) is 0 Å². The molecule has 0 N–H and O–H groups in total. The molecule has 1 aliphatic heterocycles. The van der Waals surface area contributed by atoms with Gasteiger partial charge in [0.05, 0.1) is 11.3 Å². The van der Waals surface area contributed by atoms with E-state index in [9.17, 15) is 14.0 Å². The predicted octanol–water partition coefficient (Wildman–Crippen LogP) is 2.51. The van der Waals surface area contributed by atoms with E-state index in [1.54, 1.807) is 17.2 Å². The van der Waals surface area contributed by atoms with Crippen LogP contribution in [0.25, 0.3) is 4.96 Å². The Morgan fingerprint density at radius 3 is 2.78 bits per heavy atom. The Hall–Kier alpha value is -2.29. The van der Waals surface area contributed by atoms with Crippen LogP contribution in [0.5, 0.6) is 0 Å². The first kappa shape index (κ1) is 18.1. The number of rotatable bonds is 3. The second-order valence-electron chi connectivity index (χ2n) is 6.33. The summed E-state index contributed by atoms with van der Waals surface area (Å²) < 4.78 is 15.4. The average molecular weight is 407 g/mol. The summed E-state index contributed by atoms with van der Waals surface area (Å²) in [5.74, 6) is -0.924. The number of amides is 1. The first-order valence-corrected chi connectivity index (χ1v) is 9.69. The van der Waals surface area contributed by atoms with Crippen molar-refractivity contribution in [3.05, 3.63) is 68.3 Å². The van der Waals surface area contributed by atoms with Gasteiger partial charge in [0.25, 0.3) is 11.5 Å². The molecular weight excluding hydrogens is 391 g/mol. The van der Waals surface area contributed by atoms with Gasteiger partial charge in [0.2, 0.25) is 0 Å². The molecule has 0 aliphatic carbocycles. The van der Waals surface area contributed by atoms with Crippen LogP contribution in [0.15, 0.2) is 40.6 Å². The van der Waals surface area contributed by atoms with E-state index in [4.69, 9.17) is 11.6 Å². The maximum Gasteiger partial charge on any atom is 0.258 e. The molecule has 0 unspecified atom stereocenters. The maximum atomic E-state index is 13.9. The van der Waals surface area contributed by atoms with Crippen molar-refractivity contribution in [2.75, 3.05) is 26.2 Å². The molecule has 0 bridgehead atoms. The summed E-state index contributed by atoms with van der Waals surface area (Å²) in [5.41, 5.74) is 0.610. The fourth-order valence-corrected chi connectivity index (χ4v) is 4.05. The van der Waals surface area contributed by atoms with Crippen LogP contribution in [0.1, 0.15) is 16.1 Å². The van der Waals surface area contributed by atoms with Crippen LogP contribution in [-0.4, -0.2) is 51.3 Å². The minimum absolute atomic E-state index is 0.00575. The van der Waals surface area contributed by atoms with Gasteiger partial charge in [-0.1, -0.05) is 11.6 Å². The van der Waals surface area contributed by atoms with Crippen LogP contribution in [0.2, 0.25) is 5.02 Å². The molecule has 1 aliphatic rings. The number of benzene rings is 1. The van der Waals surface area contributed by atoms with Gasteiger partial charge in [0.1, 0.15) is 5.82 Å². The zero-order valence-corrected chi connectivity index (χ0v) is 15.8. The van der Waals surface area contributed by atoms with Gasteiger partial charge in [-0.05, 0) is 18.2 Å². The van der Waals surface area contributed by atoms with Crippen molar-refractivity contribution in [3.63, 3.8) is 0 Å². The van der Waals surface area contributed by atoms with E-state index in [0.717, 1.165) is 0 Å². The highest BCUT2D eigenvalue weighted by atomic mass is 35.5. The minimum Gasteiger partial charge on any atom is -0.336 e. The number of aromatic nitrogens is 2. The standard InChI is InChI=1S/C18H16ClFN4O2S/c19-12-1-2-15(20)14(9-12)17(26)23-5-3-22(4-6-23)11-13-10-16(25)24-7-8-27-18(24)21-13/h1-2,7-10H,3-6,11H2. The summed E-state index contributed by atoms with van der Waals surface area (Å²) in [6.07, 6.45) is 1.71. The van der Waals surface area contributed by atoms with Gasteiger partial charge in [-0.2, -0.15) is 0 Å². The fraction of sp³-hybridized carbons (Fsp3) is 0.278. The summed E-state index contributed by atoms with van der Waals surface area (Å²) in [4.78, 5) is 33.6. The number of carbonyl (C=O) groups is 1. The Morgan fingerprint density at radius 2 is 2.00 bits per heavy atom. The topological polar surface area (TPSA) is 57.9 Å². The lowest BCUT2D eigenvalue weighted by Crippen LogP contribution is -2.48. The highest BCUT2D eigenvalue weighted by Gasteiger charge is 2.24. The largest absolute Gasteiger partial charge is 0.336 e. The minimum atomic E-state index is -0.569. The van der Waals surface area contributed by atoms with Crippen LogP contribution in [0, 0.1) is 5.82 Å². The molecule has 1 amide bonds. The van der Waals surface area contributed by atoms with E-state index in [2.05, 4.69) is 9.88 Å². The van der Waals surface area contributed by atoms with Gasteiger partial charge in [0, 0.05) is 55.4 Å². The van der Waals surface area contributed by atoms with Gasteiger partial charge in [-0.15, -0.1) is 11.3 Å². The number of fused-ring (bicyclic) bond motifs is 1. The smallest absolute Gasteiger partial charge is 0.258 e. The number of halogens is 2. The van der Waals surface area contributed by atoms with Crippen LogP contribution in [0.3, 0.4) is 0 Å². The van der Waals surface area contributed by atoms with Crippen molar-refractivity contribution in [1.82, 2.24) is 19.2 Å². The number of hydrogen-bond donors (Lipinski definition) is 0. The molecule has 6 nitrogen and oxygen atoms in total. The van der Waals surface area contributed by atoms with Crippen LogP contribution < -0.4 is 5.56 Å². The van der Waals surface area contributed by atoms with E-state index < -0.39 is 5.82 Å². The number of carbonyl (C=O) groups excluding carboxylic acids is 1. The number of thiazole rings is 1.